The number of fused-ring (bicyclic) bond motifs is 4. The van der Waals surface area contributed by atoms with Gasteiger partial charge in [0, 0.05) is 42.9 Å². The molecular weight excluding hydrogens is 346 g/mol. The molecule has 1 saturated heterocycles. The Bertz CT molecular complexity index is 919. The Morgan fingerprint density at radius 1 is 1.12 bits per heavy atom. The Kier molecular flexibility index (Phi) is 4.36. The van der Waals surface area contributed by atoms with E-state index in [1.807, 2.05) is 35.8 Å². The number of carbonyl (C=O) groups excluding carboxylic acids is 1. The number of amides is 1. The van der Waals surface area contributed by atoms with Crippen molar-refractivity contribution in [2.45, 2.75) is 25.8 Å². The number of likely N-dealkylation sites (tertiary alicyclic amines) is 1. The highest BCUT2D eigenvalue weighted by molar-refractivity contribution is 7.80. The molecule has 2 unspecified atom stereocenters. The monoisotopic (exact) mass is 367 g/mol. The number of thiocarbonyl (C=S) groups is 1. The van der Waals surface area contributed by atoms with Gasteiger partial charge >= 0.3 is 0 Å². The maximum atomic E-state index is 12.4. The van der Waals surface area contributed by atoms with E-state index in [1.165, 1.54) is 0 Å². The van der Waals surface area contributed by atoms with Crippen molar-refractivity contribution in [3.05, 3.63) is 69.6 Å². The Morgan fingerprint density at radius 2 is 1.88 bits per heavy atom. The van der Waals surface area contributed by atoms with Crippen molar-refractivity contribution >= 4 is 23.2 Å². The molecule has 1 fully saturated rings. The van der Waals surface area contributed by atoms with Gasteiger partial charge in [-0.25, -0.2) is 0 Å². The predicted octanol–water partition coefficient (Wildman–Crippen LogP) is 2.29. The molecule has 2 atom stereocenters. The lowest BCUT2D eigenvalue weighted by Crippen LogP contribution is -2.52. The lowest BCUT2D eigenvalue weighted by atomic mass is 9.83. The number of nitrogens with one attached hydrogen (secondary N) is 1. The highest BCUT2D eigenvalue weighted by atomic mass is 32.1. The predicted molar refractivity (Wildman–Crippen MR) is 104 cm³/mol. The molecule has 1 aromatic heterocycles. The van der Waals surface area contributed by atoms with Gasteiger partial charge in [-0.05, 0) is 49.7 Å². The molecule has 2 aromatic rings. The van der Waals surface area contributed by atoms with Crippen LogP contribution < -0.4 is 10.9 Å². The Hall–Kier alpha value is -2.47. The first-order chi connectivity index (χ1) is 12.5. The van der Waals surface area contributed by atoms with Crippen LogP contribution >= 0.6 is 12.2 Å². The largest absolute Gasteiger partial charge is 0.348 e. The molecule has 2 aliphatic heterocycles. The summed E-state index contributed by atoms with van der Waals surface area (Å²) < 4.78 is 1.89. The molecule has 26 heavy (non-hydrogen) atoms. The van der Waals surface area contributed by atoms with Crippen molar-refractivity contribution in [1.82, 2.24) is 14.8 Å². The van der Waals surface area contributed by atoms with Gasteiger partial charge < -0.3 is 9.47 Å². The molecular formula is C20H21N3O2S. The minimum Gasteiger partial charge on any atom is -0.348 e. The van der Waals surface area contributed by atoms with Gasteiger partial charge in [-0.15, -0.1) is 0 Å². The lowest BCUT2D eigenvalue weighted by molar-refractivity contribution is 0.0968. The second-order valence-corrected chi connectivity index (χ2v) is 7.62. The standard InChI is InChI=1S/C20H21N3O2S/c1-13-5-7-15(8-6-13)19(25)21-20(26)22-10-14-9-16(12-22)17-3-2-4-18(24)23(17)11-14/h2-8,14,16H,9-12H2,1H3,(H,21,25,26). The molecule has 0 aliphatic carbocycles. The van der Waals surface area contributed by atoms with Crippen molar-refractivity contribution in [1.29, 1.82) is 0 Å². The summed E-state index contributed by atoms with van der Waals surface area (Å²) in [6, 6.07) is 12.9. The lowest BCUT2D eigenvalue weighted by Gasteiger charge is -2.43. The molecule has 3 heterocycles. The number of nitrogens with zero attached hydrogens (tertiary/aromatic N) is 2. The average Bonchev–Trinajstić information content (AvgIpc) is 2.63. The second kappa shape index (κ2) is 6.68. The van der Waals surface area contributed by atoms with E-state index in [2.05, 4.69) is 10.2 Å². The van der Waals surface area contributed by atoms with E-state index >= 15 is 0 Å². The average molecular weight is 367 g/mol. The summed E-state index contributed by atoms with van der Waals surface area (Å²) in [7, 11) is 0. The number of piperidine rings is 1. The van der Waals surface area contributed by atoms with Crippen LogP contribution in [0, 0.1) is 12.8 Å². The number of aryl methyl sites for hydroxylation is 1. The first-order valence-corrected chi connectivity index (χ1v) is 9.29. The van der Waals surface area contributed by atoms with Crippen LogP contribution in [0.15, 0.2) is 47.3 Å². The molecule has 0 spiro atoms. The zero-order valence-electron chi connectivity index (χ0n) is 14.6. The molecule has 2 aliphatic rings. The van der Waals surface area contributed by atoms with Gasteiger partial charge in [0.1, 0.15) is 0 Å². The van der Waals surface area contributed by atoms with Gasteiger partial charge in [0.25, 0.3) is 11.5 Å². The number of aromatic nitrogens is 1. The molecule has 1 amide bonds. The molecule has 134 valence electrons. The fourth-order valence-electron chi connectivity index (χ4n) is 4.02. The summed E-state index contributed by atoms with van der Waals surface area (Å²) in [5.41, 5.74) is 2.86. The van der Waals surface area contributed by atoms with E-state index in [9.17, 15) is 9.59 Å². The van der Waals surface area contributed by atoms with Crippen LogP contribution in [0.1, 0.15) is 34.0 Å². The molecule has 1 N–H and O–H groups in total. The number of hydrogen-bond acceptors (Lipinski definition) is 3. The summed E-state index contributed by atoms with van der Waals surface area (Å²) in [5, 5.41) is 3.33. The SMILES string of the molecule is Cc1ccc(C(=O)NC(=S)N2CC3CC(C2)c2cccc(=O)n2C3)cc1. The minimum atomic E-state index is -0.178. The maximum Gasteiger partial charge on any atom is 0.257 e. The Labute approximate surface area is 157 Å². The number of hydrogen-bond donors (Lipinski definition) is 1. The van der Waals surface area contributed by atoms with Gasteiger partial charge in [-0.1, -0.05) is 23.8 Å². The maximum absolute atomic E-state index is 12.4. The van der Waals surface area contributed by atoms with Gasteiger partial charge in [0.15, 0.2) is 5.11 Å². The molecule has 0 saturated carbocycles. The molecule has 2 bridgehead atoms. The topological polar surface area (TPSA) is 54.3 Å². The Balaban J connectivity index is 1.48. The summed E-state index contributed by atoms with van der Waals surface area (Å²) in [6.45, 7) is 4.20. The fourth-order valence-corrected chi connectivity index (χ4v) is 4.26. The van der Waals surface area contributed by atoms with E-state index < -0.39 is 0 Å². The highest BCUT2D eigenvalue weighted by Gasteiger charge is 2.35. The third-order valence-electron chi connectivity index (χ3n) is 5.30. The normalized spacial score (nSPS) is 21.0. The number of rotatable bonds is 1. The number of pyridine rings is 1. The quantitative estimate of drug-likeness (QED) is 0.786. The van der Waals surface area contributed by atoms with Crippen LogP contribution in [0.3, 0.4) is 0 Å². The van der Waals surface area contributed by atoms with Crippen LogP contribution in [0.2, 0.25) is 0 Å². The molecule has 0 radical (unpaired) electrons. The molecule has 6 heteroatoms. The third-order valence-corrected chi connectivity index (χ3v) is 5.66. The van der Waals surface area contributed by atoms with Crippen LogP contribution in [-0.2, 0) is 6.54 Å². The zero-order valence-corrected chi connectivity index (χ0v) is 15.5. The number of benzene rings is 1. The number of carbonyl (C=O) groups is 1. The first-order valence-electron chi connectivity index (χ1n) is 8.88. The molecule has 1 aromatic carbocycles. The van der Waals surface area contributed by atoms with E-state index in [4.69, 9.17) is 12.2 Å². The van der Waals surface area contributed by atoms with Crippen LogP contribution in [-0.4, -0.2) is 33.6 Å². The second-order valence-electron chi connectivity index (χ2n) is 7.23. The Morgan fingerprint density at radius 3 is 2.65 bits per heavy atom. The van der Waals surface area contributed by atoms with E-state index in [0.717, 1.165) is 37.3 Å². The first kappa shape index (κ1) is 17.0. The van der Waals surface area contributed by atoms with Crippen LogP contribution in [0.5, 0.6) is 0 Å². The van der Waals surface area contributed by atoms with E-state index in [-0.39, 0.29) is 17.4 Å². The summed E-state index contributed by atoms with van der Waals surface area (Å²) in [5.74, 6) is 0.462. The van der Waals surface area contributed by atoms with Gasteiger partial charge in [0.2, 0.25) is 0 Å². The summed E-state index contributed by atoms with van der Waals surface area (Å²) >= 11 is 5.50. The molecule has 4 rings (SSSR count). The van der Waals surface area contributed by atoms with Crippen LogP contribution in [0.25, 0.3) is 0 Å². The van der Waals surface area contributed by atoms with Crippen molar-refractivity contribution in [2.75, 3.05) is 13.1 Å². The third kappa shape index (κ3) is 3.17. The smallest absolute Gasteiger partial charge is 0.257 e. The van der Waals surface area contributed by atoms with Gasteiger partial charge in [-0.3, -0.25) is 14.9 Å². The van der Waals surface area contributed by atoms with Gasteiger partial charge in [0.05, 0.1) is 0 Å². The fraction of sp³-hybridized carbons (Fsp3) is 0.350. The van der Waals surface area contributed by atoms with Crippen LogP contribution in [0.4, 0.5) is 0 Å². The van der Waals surface area contributed by atoms with Crippen molar-refractivity contribution in [2.24, 2.45) is 5.92 Å². The van der Waals surface area contributed by atoms with Crippen molar-refractivity contribution in [3.63, 3.8) is 0 Å². The summed E-state index contributed by atoms with van der Waals surface area (Å²) in [4.78, 5) is 26.6. The molecule has 5 nitrogen and oxygen atoms in total. The zero-order chi connectivity index (χ0) is 18.3. The van der Waals surface area contributed by atoms with Crippen molar-refractivity contribution in [3.8, 4) is 0 Å². The minimum absolute atomic E-state index is 0.0703. The summed E-state index contributed by atoms with van der Waals surface area (Å²) in [6.07, 6.45) is 1.06. The van der Waals surface area contributed by atoms with Gasteiger partial charge in [-0.2, -0.15) is 0 Å². The van der Waals surface area contributed by atoms with E-state index in [1.54, 1.807) is 18.2 Å². The van der Waals surface area contributed by atoms with Crippen molar-refractivity contribution < 1.29 is 4.79 Å². The van der Waals surface area contributed by atoms with E-state index in [0.29, 0.717) is 16.6 Å². The highest BCUT2D eigenvalue weighted by Crippen LogP contribution is 2.34.